The van der Waals surface area contributed by atoms with Gasteiger partial charge in [-0.3, -0.25) is 19.4 Å². The van der Waals surface area contributed by atoms with E-state index >= 15 is 0 Å². The van der Waals surface area contributed by atoms with Gasteiger partial charge in [-0.25, -0.2) is 13.8 Å². The van der Waals surface area contributed by atoms with Crippen LogP contribution in [0.2, 0.25) is 0 Å². The minimum absolute atomic E-state index is 0.000327. The van der Waals surface area contributed by atoms with Crippen LogP contribution in [0.25, 0.3) is 0 Å². The van der Waals surface area contributed by atoms with Crippen molar-refractivity contribution in [3.8, 4) is 0 Å². The van der Waals surface area contributed by atoms with Gasteiger partial charge in [0, 0.05) is 55.0 Å². The Bertz CT molecular complexity index is 1590. The van der Waals surface area contributed by atoms with Crippen LogP contribution in [0.5, 0.6) is 0 Å². The van der Waals surface area contributed by atoms with Gasteiger partial charge in [0.2, 0.25) is 5.91 Å². The highest BCUT2D eigenvalue weighted by atomic mass is 19.4. The van der Waals surface area contributed by atoms with E-state index in [0.29, 0.717) is 16.8 Å². The van der Waals surface area contributed by atoms with Gasteiger partial charge >= 0.3 is 6.18 Å². The van der Waals surface area contributed by atoms with Gasteiger partial charge in [-0.05, 0) is 30.3 Å². The van der Waals surface area contributed by atoms with Crippen molar-refractivity contribution in [2.75, 3.05) is 26.2 Å². The second kappa shape index (κ2) is 13.1. The number of rotatable bonds is 10. The standard InChI is InChI=1S/C31H28F5N5O4/c32-22-10-9-21(24(33)14-22)16-45-17-25(38-27(42)20-6-2-1-3-7-20)28(43)40-13-11-26-30(18-40,15-23-8-4-5-12-37-23)29(44)41(39-26)19-31(34,35)36/h1-10,12,14,25H,11,13,15-19H2,(H,38,42). The van der Waals surface area contributed by atoms with E-state index < -0.39 is 60.1 Å². The Kier molecular flexibility index (Phi) is 9.23. The normalized spacial score (nSPS) is 18.8. The smallest absolute Gasteiger partial charge is 0.374 e. The maximum Gasteiger partial charge on any atom is 0.408 e. The molecule has 3 amide bonds. The minimum atomic E-state index is -4.71. The number of hydrogen-bond donors (Lipinski definition) is 1. The van der Waals surface area contributed by atoms with Crippen LogP contribution in [0.1, 0.15) is 28.0 Å². The SMILES string of the molecule is O=C(NC(COCc1ccc(F)cc1F)C(=O)N1CCC2=NN(CC(F)(F)F)C(=O)C2(Cc2ccccn2)C1)c1ccccc1. The summed E-state index contributed by atoms with van der Waals surface area (Å²) in [5, 5.41) is 7.04. The van der Waals surface area contributed by atoms with Crippen molar-refractivity contribution in [1.82, 2.24) is 20.2 Å². The second-order valence-corrected chi connectivity index (χ2v) is 10.8. The van der Waals surface area contributed by atoms with E-state index in [1.807, 2.05) is 0 Å². The van der Waals surface area contributed by atoms with Gasteiger partial charge in [0.1, 0.15) is 29.6 Å². The molecule has 2 aliphatic rings. The van der Waals surface area contributed by atoms with Crippen LogP contribution in [0.3, 0.4) is 0 Å². The van der Waals surface area contributed by atoms with Gasteiger partial charge in [-0.1, -0.05) is 30.3 Å². The number of pyridine rings is 1. The molecule has 2 atom stereocenters. The summed E-state index contributed by atoms with van der Waals surface area (Å²) in [4.78, 5) is 46.2. The van der Waals surface area contributed by atoms with Crippen LogP contribution in [-0.2, 0) is 27.4 Å². The van der Waals surface area contributed by atoms with Crippen molar-refractivity contribution < 1.29 is 41.1 Å². The summed E-state index contributed by atoms with van der Waals surface area (Å²) in [6.07, 6.45) is -3.33. The Morgan fingerprint density at radius 2 is 1.80 bits per heavy atom. The molecular weight excluding hydrogens is 601 g/mol. The molecule has 5 rings (SSSR count). The maximum absolute atomic E-state index is 14.2. The first kappa shape index (κ1) is 31.7. The molecule has 45 heavy (non-hydrogen) atoms. The second-order valence-electron chi connectivity index (χ2n) is 10.8. The highest BCUT2D eigenvalue weighted by Gasteiger charge is 2.56. The van der Waals surface area contributed by atoms with Crippen molar-refractivity contribution in [3.05, 3.63) is 101 Å². The predicted octanol–water partition coefficient (Wildman–Crippen LogP) is 3.90. The topological polar surface area (TPSA) is 104 Å². The number of hydrazone groups is 1. The van der Waals surface area contributed by atoms with Gasteiger partial charge < -0.3 is 15.0 Å². The van der Waals surface area contributed by atoms with E-state index in [4.69, 9.17) is 4.74 Å². The largest absolute Gasteiger partial charge is 0.408 e. The quantitative estimate of drug-likeness (QED) is 0.343. The number of aromatic nitrogens is 1. The molecule has 2 unspecified atom stereocenters. The van der Waals surface area contributed by atoms with Gasteiger partial charge in [0.05, 0.1) is 18.9 Å². The molecule has 1 aromatic heterocycles. The van der Waals surface area contributed by atoms with E-state index in [9.17, 15) is 36.3 Å². The van der Waals surface area contributed by atoms with E-state index in [2.05, 4.69) is 15.4 Å². The summed E-state index contributed by atoms with van der Waals surface area (Å²) < 4.78 is 73.1. The van der Waals surface area contributed by atoms with Gasteiger partial charge in [-0.2, -0.15) is 18.3 Å². The Hall–Kier alpha value is -4.72. The number of ether oxygens (including phenoxy) is 1. The molecule has 3 heterocycles. The molecule has 0 saturated carbocycles. The van der Waals surface area contributed by atoms with E-state index in [-0.39, 0.29) is 49.4 Å². The van der Waals surface area contributed by atoms with E-state index in [0.717, 1.165) is 6.07 Å². The lowest BCUT2D eigenvalue weighted by molar-refractivity contribution is -0.164. The Labute approximate surface area is 254 Å². The average molecular weight is 630 g/mol. The molecule has 1 saturated heterocycles. The van der Waals surface area contributed by atoms with Crippen LogP contribution >= 0.6 is 0 Å². The lowest BCUT2D eigenvalue weighted by Crippen LogP contribution is -2.60. The van der Waals surface area contributed by atoms with Crippen molar-refractivity contribution in [3.63, 3.8) is 0 Å². The fourth-order valence-corrected chi connectivity index (χ4v) is 5.41. The Morgan fingerprint density at radius 1 is 1.04 bits per heavy atom. The number of nitrogens with one attached hydrogen (secondary N) is 1. The zero-order valence-electron chi connectivity index (χ0n) is 23.8. The number of carbonyl (C=O) groups excluding carboxylic acids is 3. The van der Waals surface area contributed by atoms with E-state index in [1.54, 1.807) is 36.4 Å². The third kappa shape index (κ3) is 7.33. The van der Waals surface area contributed by atoms with Crippen LogP contribution in [0.15, 0.2) is 78.0 Å². The molecule has 3 aromatic rings. The van der Waals surface area contributed by atoms with Crippen LogP contribution in [0, 0.1) is 17.0 Å². The first-order valence-electron chi connectivity index (χ1n) is 14.0. The number of alkyl halides is 3. The highest BCUT2D eigenvalue weighted by molar-refractivity contribution is 6.14. The number of amides is 3. The molecule has 14 heteroatoms. The summed E-state index contributed by atoms with van der Waals surface area (Å²) in [7, 11) is 0. The van der Waals surface area contributed by atoms with Crippen molar-refractivity contribution in [2.45, 2.75) is 31.7 Å². The molecule has 236 valence electrons. The molecule has 0 spiro atoms. The molecule has 0 aliphatic carbocycles. The van der Waals surface area contributed by atoms with Crippen molar-refractivity contribution in [1.29, 1.82) is 0 Å². The zero-order chi connectivity index (χ0) is 32.2. The Balaban J connectivity index is 1.40. The maximum atomic E-state index is 14.2. The first-order valence-corrected chi connectivity index (χ1v) is 14.0. The molecule has 2 aromatic carbocycles. The van der Waals surface area contributed by atoms with Gasteiger partial charge in [0.25, 0.3) is 11.8 Å². The number of carbonyl (C=O) groups is 3. The van der Waals surface area contributed by atoms with E-state index in [1.165, 1.54) is 29.3 Å². The lowest BCUT2D eigenvalue weighted by Gasteiger charge is -2.40. The van der Waals surface area contributed by atoms with Gasteiger partial charge in [0.15, 0.2) is 0 Å². The number of nitrogens with zero attached hydrogens (tertiary/aromatic N) is 4. The van der Waals surface area contributed by atoms with Crippen molar-refractivity contribution in [2.24, 2.45) is 10.5 Å². The number of hydrogen-bond acceptors (Lipinski definition) is 6. The summed E-state index contributed by atoms with van der Waals surface area (Å²) in [6, 6.07) is 14.6. The molecule has 0 bridgehead atoms. The molecule has 1 fully saturated rings. The lowest BCUT2D eigenvalue weighted by atomic mass is 9.74. The number of halogens is 5. The first-order chi connectivity index (χ1) is 21.4. The Morgan fingerprint density at radius 3 is 2.49 bits per heavy atom. The number of benzene rings is 2. The number of likely N-dealkylation sites (tertiary alicyclic amines) is 1. The number of fused-ring (bicyclic) bond motifs is 1. The van der Waals surface area contributed by atoms with Crippen LogP contribution < -0.4 is 5.32 Å². The highest BCUT2D eigenvalue weighted by Crippen LogP contribution is 2.39. The number of piperidine rings is 1. The predicted molar refractivity (Wildman–Crippen MR) is 150 cm³/mol. The molecule has 9 nitrogen and oxygen atoms in total. The molecular formula is C31H28F5N5O4. The summed E-state index contributed by atoms with van der Waals surface area (Å²) in [5.41, 5.74) is -0.723. The fourth-order valence-electron chi connectivity index (χ4n) is 5.41. The van der Waals surface area contributed by atoms with Crippen molar-refractivity contribution >= 4 is 23.4 Å². The van der Waals surface area contributed by atoms with Gasteiger partial charge in [-0.15, -0.1) is 0 Å². The fraction of sp³-hybridized carbons (Fsp3) is 0.323. The summed E-state index contributed by atoms with van der Waals surface area (Å²) in [6.45, 7) is -2.68. The average Bonchev–Trinajstić information content (AvgIpc) is 3.26. The van der Waals surface area contributed by atoms with Crippen LogP contribution in [-0.4, -0.2) is 76.8 Å². The molecule has 1 N–H and O–H groups in total. The monoisotopic (exact) mass is 629 g/mol. The molecule has 2 aliphatic heterocycles. The third-order valence-corrected chi connectivity index (χ3v) is 7.56. The summed E-state index contributed by atoms with van der Waals surface area (Å²) in [5.74, 6) is -3.82. The molecule has 0 radical (unpaired) electrons. The zero-order valence-corrected chi connectivity index (χ0v) is 23.8. The minimum Gasteiger partial charge on any atom is -0.374 e. The van der Waals surface area contributed by atoms with Crippen LogP contribution in [0.4, 0.5) is 22.0 Å². The summed E-state index contributed by atoms with van der Waals surface area (Å²) >= 11 is 0. The third-order valence-electron chi connectivity index (χ3n) is 7.56.